The van der Waals surface area contributed by atoms with E-state index in [4.69, 9.17) is 9.47 Å². The zero-order chi connectivity index (χ0) is 17.5. The number of carbonyl (C=O) groups excluding carboxylic acids is 1. The topological polar surface area (TPSA) is 63.7 Å². The van der Waals surface area contributed by atoms with E-state index in [9.17, 15) is 4.79 Å². The fourth-order valence-corrected chi connectivity index (χ4v) is 2.00. The summed E-state index contributed by atoms with van der Waals surface area (Å²) in [5.41, 5.74) is 1.09. The minimum Gasteiger partial charge on any atom is -0.493 e. The van der Waals surface area contributed by atoms with Crippen LogP contribution in [0.3, 0.4) is 0 Å². The van der Waals surface area contributed by atoms with Crippen molar-refractivity contribution in [3.05, 3.63) is 54.7 Å². The number of anilines is 2. The molecule has 1 amide bonds. The second-order valence-electron chi connectivity index (χ2n) is 5.22. The lowest BCUT2D eigenvalue weighted by atomic mass is 10.2. The van der Waals surface area contributed by atoms with Crippen LogP contribution in [0.15, 0.2) is 49.2 Å². The van der Waals surface area contributed by atoms with Crippen molar-refractivity contribution in [2.75, 3.05) is 38.0 Å². The average molecular weight is 327 g/mol. The first-order valence-electron chi connectivity index (χ1n) is 7.41. The van der Waals surface area contributed by atoms with Crippen molar-refractivity contribution >= 4 is 17.4 Å². The molecule has 0 saturated heterocycles. The quantitative estimate of drug-likeness (QED) is 0.792. The number of pyridine rings is 1. The minimum atomic E-state index is -0.247. The Balaban J connectivity index is 2.12. The van der Waals surface area contributed by atoms with E-state index < -0.39 is 0 Å². The number of benzene rings is 1. The van der Waals surface area contributed by atoms with Crippen LogP contribution in [0.25, 0.3) is 0 Å². The summed E-state index contributed by atoms with van der Waals surface area (Å²) in [5, 5.41) is 2.81. The van der Waals surface area contributed by atoms with Gasteiger partial charge >= 0.3 is 0 Å². The zero-order valence-corrected chi connectivity index (χ0v) is 14.1. The molecule has 0 atom stereocenters. The van der Waals surface area contributed by atoms with Crippen molar-refractivity contribution in [2.45, 2.75) is 0 Å². The maximum atomic E-state index is 12.4. The molecule has 0 aliphatic rings. The zero-order valence-electron chi connectivity index (χ0n) is 14.1. The van der Waals surface area contributed by atoms with E-state index in [0.717, 1.165) is 5.82 Å². The van der Waals surface area contributed by atoms with Gasteiger partial charge < -0.3 is 19.7 Å². The lowest BCUT2D eigenvalue weighted by Gasteiger charge is -2.13. The molecule has 1 N–H and O–H groups in total. The smallest absolute Gasteiger partial charge is 0.255 e. The fraction of sp³-hybridized carbons (Fsp3) is 0.222. The van der Waals surface area contributed by atoms with Crippen LogP contribution in [-0.2, 0) is 0 Å². The SMILES string of the molecule is C=CCOc1ccc(C(=O)Nc2ccc(N(C)C)nc2)cc1OC. The van der Waals surface area contributed by atoms with Crippen LogP contribution in [0.1, 0.15) is 10.4 Å². The summed E-state index contributed by atoms with van der Waals surface area (Å²) in [6.07, 6.45) is 3.26. The molecule has 2 rings (SSSR count). The Morgan fingerprint density at radius 3 is 2.67 bits per heavy atom. The maximum Gasteiger partial charge on any atom is 0.255 e. The molecule has 126 valence electrons. The van der Waals surface area contributed by atoms with Crippen LogP contribution in [-0.4, -0.2) is 38.7 Å². The van der Waals surface area contributed by atoms with Gasteiger partial charge in [-0.3, -0.25) is 4.79 Å². The number of rotatable bonds is 7. The van der Waals surface area contributed by atoms with E-state index in [2.05, 4.69) is 16.9 Å². The molecule has 0 bridgehead atoms. The molecule has 1 aromatic heterocycles. The van der Waals surface area contributed by atoms with Gasteiger partial charge in [0.2, 0.25) is 0 Å². The monoisotopic (exact) mass is 327 g/mol. The highest BCUT2D eigenvalue weighted by Gasteiger charge is 2.11. The van der Waals surface area contributed by atoms with E-state index in [1.807, 2.05) is 25.1 Å². The van der Waals surface area contributed by atoms with Gasteiger partial charge in [-0.05, 0) is 30.3 Å². The molecule has 0 fully saturated rings. The van der Waals surface area contributed by atoms with Crippen molar-refractivity contribution in [1.29, 1.82) is 0 Å². The van der Waals surface area contributed by atoms with Crippen molar-refractivity contribution in [2.24, 2.45) is 0 Å². The fourth-order valence-electron chi connectivity index (χ4n) is 2.00. The molecule has 24 heavy (non-hydrogen) atoms. The van der Waals surface area contributed by atoms with Gasteiger partial charge in [-0.25, -0.2) is 4.98 Å². The largest absolute Gasteiger partial charge is 0.493 e. The average Bonchev–Trinajstić information content (AvgIpc) is 2.60. The number of hydrogen-bond donors (Lipinski definition) is 1. The van der Waals surface area contributed by atoms with Gasteiger partial charge in [0.25, 0.3) is 5.91 Å². The molecular weight excluding hydrogens is 306 g/mol. The number of amides is 1. The van der Waals surface area contributed by atoms with Crippen LogP contribution >= 0.6 is 0 Å². The first kappa shape index (κ1) is 17.3. The van der Waals surface area contributed by atoms with Gasteiger partial charge in [0.05, 0.1) is 19.0 Å². The molecular formula is C18H21N3O3. The van der Waals surface area contributed by atoms with E-state index in [1.54, 1.807) is 36.5 Å². The van der Waals surface area contributed by atoms with Crippen molar-refractivity contribution in [1.82, 2.24) is 4.98 Å². The lowest BCUT2D eigenvalue weighted by Crippen LogP contribution is -2.14. The van der Waals surface area contributed by atoms with Crippen LogP contribution in [0.4, 0.5) is 11.5 Å². The third-order valence-electron chi connectivity index (χ3n) is 3.25. The minimum absolute atomic E-state index is 0.247. The van der Waals surface area contributed by atoms with Gasteiger partial charge in [-0.2, -0.15) is 0 Å². The highest BCUT2D eigenvalue weighted by molar-refractivity contribution is 6.04. The molecule has 0 saturated carbocycles. The first-order chi connectivity index (χ1) is 11.5. The number of methoxy groups -OCH3 is 1. The molecule has 1 aromatic carbocycles. The molecule has 0 radical (unpaired) electrons. The molecule has 6 nitrogen and oxygen atoms in total. The van der Waals surface area contributed by atoms with Crippen molar-refractivity contribution in [3.8, 4) is 11.5 Å². The third-order valence-corrected chi connectivity index (χ3v) is 3.25. The Hall–Kier alpha value is -3.02. The number of ether oxygens (including phenoxy) is 2. The summed E-state index contributed by atoms with van der Waals surface area (Å²) in [6, 6.07) is 8.65. The number of hydrogen-bond acceptors (Lipinski definition) is 5. The number of nitrogens with one attached hydrogen (secondary N) is 1. The van der Waals surface area contributed by atoms with Gasteiger partial charge in [-0.15, -0.1) is 0 Å². The molecule has 0 spiro atoms. The summed E-state index contributed by atoms with van der Waals surface area (Å²) in [5.74, 6) is 1.62. The van der Waals surface area contributed by atoms with Crippen LogP contribution < -0.4 is 19.7 Å². The number of carbonyl (C=O) groups is 1. The Bertz CT molecular complexity index is 712. The molecule has 6 heteroatoms. The van der Waals surface area contributed by atoms with Crippen LogP contribution in [0, 0.1) is 0 Å². The Morgan fingerprint density at radius 1 is 1.29 bits per heavy atom. The van der Waals surface area contributed by atoms with E-state index in [1.165, 1.54) is 7.11 Å². The molecule has 1 heterocycles. The van der Waals surface area contributed by atoms with E-state index >= 15 is 0 Å². The predicted octanol–water partition coefficient (Wildman–Crippen LogP) is 2.97. The van der Waals surface area contributed by atoms with Crippen LogP contribution in [0.2, 0.25) is 0 Å². The normalized spacial score (nSPS) is 9.96. The summed E-state index contributed by atoms with van der Waals surface area (Å²) in [4.78, 5) is 18.5. The second kappa shape index (κ2) is 8.01. The first-order valence-corrected chi connectivity index (χ1v) is 7.41. The Morgan fingerprint density at radius 2 is 2.08 bits per heavy atom. The van der Waals surface area contributed by atoms with Crippen molar-refractivity contribution < 1.29 is 14.3 Å². The lowest BCUT2D eigenvalue weighted by molar-refractivity contribution is 0.102. The second-order valence-corrected chi connectivity index (χ2v) is 5.22. The molecule has 0 aliphatic heterocycles. The van der Waals surface area contributed by atoms with E-state index in [0.29, 0.717) is 29.4 Å². The van der Waals surface area contributed by atoms with E-state index in [-0.39, 0.29) is 5.91 Å². The highest BCUT2D eigenvalue weighted by Crippen LogP contribution is 2.28. The third kappa shape index (κ3) is 4.25. The van der Waals surface area contributed by atoms with Gasteiger partial charge in [0.1, 0.15) is 12.4 Å². The van der Waals surface area contributed by atoms with Gasteiger partial charge in [0.15, 0.2) is 11.5 Å². The highest BCUT2D eigenvalue weighted by atomic mass is 16.5. The van der Waals surface area contributed by atoms with Crippen molar-refractivity contribution in [3.63, 3.8) is 0 Å². The predicted molar refractivity (Wildman–Crippen MR) is 95.2 cm³/mol. The number of aromatic nitrogens is 1. The summed E-state index contributed by atoms with van der Waals surface area (Å²) >= 11 is 0. The maximum absolute atomic E-state index is 12.4. The summed E-state index contributed by atoms with van der Waals surface area (Å²) in [6.45, 7) is 3.97. The Kier molecular flexibility index (Phi) is 5.78. The number of nitrogens with zero attached hydrogens (tertiary/aromatic N) is 2. The summed E-state index contributed by atoms with van der Waals surface area (Å²) in [7, 11) is 5.34. The summed E-state index contributed by atoms with van der Waals surface area (Å²) < 4.78 is 10.7. The molecule has 0 unspecified atom stereocenters. The Labute approximate surface area is 141 Å². The van der Waals surface area contributed by atoms with Crippen LogP contribution in [0.5, 0.6) is 11.5 Å². The van der Waals surface area contributed by atoms with Gasteiger partial charge in [0, 0.05) is 19.7 Å². The van der Waals surface area contributed by atoms with Gasteiger partial charge in [-0.1, -0.05) is 12.7 Å². The molecule has 2 aromatic rings. The molecule has 0 aliphatic carbocycles. The standard InChI is InChI=1S/C18H21N3O3/c1-5-10-24-15-8-6-13(11-16(15)23-4)18(22)20-14-7-9-17(19-12-14)21(2)3/h5-9,11-12H,1,10H2,2-4H3,(H,20,22).